The Balaban J connectivity index is 1.50. The molecular weight excluding hydrogens is 636 g/mol. The van der Waals surface area contributed by atoms with E-state index >= 15 is 0 Å². The Morgan fingerprint density at radius 1 is 0.880 bits per heavy atom. The number of ether oxygens (including phenoxy) is 2. The van der Waals surface area contributed by atoms with Crippen LogP contribution in [0.2, 0.25) is 0 Å². The Labute approximate surface area is 291 Å². The molecule has 1 aliphatic heterocycles. The van der Waals surface area contributed by atoms with Gasteiger partial charge in [0.05, 0.1) is 17.5 Å². The number of nitrogens with zero attached hydrogens (tertiary/aromatic N) is 4. The van der Waals surface area contributed by atoms with Crippen molar-refractivity contribution < 1.29 is 28.4 Å². The van der Waals surface area contributed by atoms with E-state index in [1.165, 1.54) is 29.2 Å². The van der Waals surface area contributed by atoms with Gasteiger partial charge in [0.2, 0.25) is 5.36 Å². The van der Waals surface area contributed by atoms with E-state index < -0.39 is 11.1 Å². The Hall–Kier alpha value is -5.71. The van der Waals surface area contributed by atoms with E-state index in [9.17, 15) is 19.7 Å². The van der Waals surface area contributed by atoms with Gasteiger partial charge in [0.15, 0.2) is 0 Å². The van der Waals surface area contributed by atoms with Crippen molar-refractivity contribution in [2.45, 2.75) is 34.6 Å². The third-order valence-electron chi connectivity index (χ3n) is 8.92. The van der Waals surface area contributed by atoms with E-state index in [2.05, 4.69) is 74.4 Å². The van der Waals surface area contributed by atoms with Gasteiger partial charge in [-0.1, -0.05) is 18.2 Å². The number of amides is 1. The molecule has 2 aliphatic rings. The minimum atomic E-state index is -0.977. The van der Waals surface area contributed by atoms with Gasteiger partial charge in [-0.25, -0.2) is 9.37 Å². The first-order valence-corrected chi connectivity index (χ1v) is 16.9. The van der Waals surface area contributed by atoms with Crippen molar-refractivity contribution in [2.75, 3.05) is 51.3 Å². The summed E-state index contributed by atoms with van der Waals surface area (Å²) >= 11 is 0. The average molecular weight is 680 g/mol. The fraction of sp³-hybridized carbons (Fsp3) is 0.308. The van der Waals surface area contributed by atoms with Gasteiger partial charge in [0.1, 0.15) is 36.8 Å². The highest BCUT2D eigenvalue weighted by molar-refractivity contribution is 6.09. The fourth-order valence-electron chi connectivity index (χ4n) is 6.23. The molecule has 0 N–H and O–H groups in total. The number of non-ortho nitro benzene ring substituents is 1. The van der Waals surface area contributed by atoms with E-state index in [1.54, 1.807) is 13.1 Å². The van der Waals surface area contributed by atoms with Crippen molar-refractivity contribution in [3.05, 3.63) is 105 Å². The molecule has 5 rings (SSSR count). The van der Waals surface area contributed by atoms with Crippen LogP contribution in [0.3, 0.4) is 0 Å². The Bertz CT molecular complexity index is 2060. The minimum Gasteiger partial charge on any atom is -0.456 e. The zero-order valence-electron chi connectivity index (χ0n) is 29.4. The van der Waals surface area contributed by atoms with E-state index in [-0.39, 0.29) is 30.5 Å². The zero-order valence-corrected chi connectivity index (χ0v) is 29.4. The molecule has 0 bridgehead atoms. The number of carbonyl (C=O) groups is 2. The number of aryl methyl sites for hydroxylation is 1. The molecule has 0 saturated carbocycles. The molecule has 50 heavy (non-hydrogen) atoms. The topological polar surface area (TPSA) is 118 Å². The van der Waals surface area contributed by atoms with Gasteiger partial charge in [0.25, 0.3) is 11.6 Å². The summed E-state index contributed by atoms with van der Waals surface area (Å²) < 4.78 is 19.3. The minimum absolute atomic E-state index is 0.105. The summed E-state index contributed by atoms with van der Waals surface area (Å²) in [5, 5.41) is 12.9. The van der Waals surface area contributed by atoms with Gasteiger partial charge < -0.3 is 23.7 Å². The standard InChI is InChI=1S/C39H43N4O7/c1-7-41(8-2)28-17-20-32-35(24-28)50-36-25-34(42(9-3)10-4)26(5)23-33(36)37(32)30-13-11-12-14-31(30)38(44)40(6)21-22-48-39(45)49-29-18-15-27(16-19-29)43(46)47/h11-20,23-25H,7-10,21-22H2,1-6H3/q+1. The van der Waals surface area contributed by atoms with Crippen LogP contribution >= 0.6 is 0 Å². The molecule has 0 aromatic heterocycles. The van der Waals surface area contributed by atoms with Crippen molar-refractivity contribution in [3.63, 3.8) is 0 Å². The molecule has 0 spiro atoms. The van der Waals surface area contributed by atoms with Gasteiger partial charge in [0, 0.05) is 71.7 Å². The highest BCUT2D eigenvalue weighted by Crippen LogP contribution is 2.42. The monoisotopic (exact) mass is 679 g/mol. The molecular formula is C39H43N4O7+. The second-order valence-electron chi connectivity index (χ2n) is 11.9. The van der Waals surface area contributed by atoms with Crippen LogP contribution in [0.5, 0.6) is 5.75 Å². The molecule has 260 valence electrons. The number of nitro benzene ring substituents is 1. The maximum Gasteiger partial charge on any atom is 0.513 e. The number of hydrogen-bond acceptors (Lipinski definition) is 8. The van der Waals surface area contributed by atoms with Crippen LogP contribution in [0, 0.1) is 17.0 Å². The zero-order chi connectivity index (χ0) is 35.9. The molecule has 0 atom stereocenters. The van der Waals surface area contributed by atoms with Crippen molar-refractivity contribution in [2.24, 2.45) is 0 Å². The van der Waals surface area contributed by atoms with Crippen molar-refractivity contribution >= 4 is 34.4 Å². The predicted octanol–water partition coefficient (Wildman–Crippen LogP) is 7.37. The summed E-state index contributed by atoms with van der Waals surface area (Å²) in [5.41, 5.74) is 5.83. The number of likely N-dealkylation sites (N-methyl/N-ethyl adjacent to an activating group) is 1. The Morgan fingerprint density at radius 3 is 2.24 bits per heavy atom. The summed E-state index contributed by atoms with van der Waals surface area (Å²) in [5.74, 6) is 0.593. The number of fused-ring (bicyclic) bond motifs is 2. The van der Waals surface area contributed by atoms with Crippen LogP contribution in [-0.4, -0.2) is 68.3 Å². The SMILES string of the molecule is CCN(CC)c1ccc2c(-c3ccccc3C(=O)N(C)CCOC(=O)Oc3ccc([N+](=O)[O-])cc3)c3cc(C)c(=[N+](CC)CC)cc-3oc2c1. The molecule has 1 aliphatic carbocycles. The van der Waals surface area contributed by atoms with E-state index in [0.29, 0.717) is 5.56 Å². The van der Waals surface area contributed by atoms with Crippen LogP contribution < -0.4 is 19.6 Å². The molecule has 0 radical (unpaired) electrons. The molecule has 1 amide bonds. The van der Waals surface area contributed by atoms with E-state index in [4.69, 9.17) is 13.9 Å². The van der Waals surface area contributed by atoms with Crippen molar-refractivity contribution in [1.29, 1.82) is 0 Å². The lowest BCUT2D eigenvalue weighted by Crippen LogP contribution is -2.32. The molecule has 3 aromatic rings. The lowest BCUT2D eigenvalue weighted by Gasteiger charge is -2.23. The third kappa shape index (κ3) is 7.46. The third-order valence-corrected chi connectivity index (χ3v) is 8.92. The molecule has 11 heteroatoms. The van der Waals surface area contributed by atoms with Gasteiger partial charge >= 0.3 is 6.16 Å². The lowest BCUT2D eigenvalue weighted by molar-refractivity contribution is -0.384. The molecule has 0 saturated heterocycles. The van der Waals surface area contributed by atoms with Crippen molar-refractivity contribution in [1.82, 2.24) is 9.48 Å². The Morgan fingerprint density at radius 2 is 1.58 bits per heavy atom. The van der Waals surface area contributed by atoms with Crippen molar-refractivity contribution in [3.8, 4) is 28.2 Å². The number of nitro groups is 1. The fourth-order valence-corrected chi connectivity index (χ4v) is 6.23. The summed E-state index contributed by atoms with van der Waals surface area (Å²) in [6.07, 6.45) is -0.977. The highest BCUT2D eigenvalue weighted by atomic mass is 16.7. The first-order chi connectivity index (χ1) is 24.1. The Kier molecular flexibility index (Phi) is 11.2. The summed E-state index contributed by atoms with van der Waals surface area (Å²) in [6.45, 7) is 14.0. The number of carbonyl (C=O) groups excluding carboxylic acids is 2. The predicted molar refractivity (Wildman–Crippen MR) is 195 cm³/mol. The van der Waals surface area contributed by atoms with Crippen LogP contribution in [0.25, 0.3) is 33.4 Å². The largest absolute Gasteiger partial charge is 0.513 e. The lowest BCUT2D eigenvalue weighted by atomic mass is 9.89. The molecule has 0 unspecified atom stereocenters. The van der Waals surface area contributed by atoms with Gasteiger partial charge in [-0.15, -0.1) is 0 Å². The first-order valence-electron chi connectivity index (χ1n) is 16.9. The quantitative estimate of drug-likeness (QED) is 0.0335. The van der Waals surface area contributed by atoms with Gasteiger partial charge in [-0.3, -0.25) is 14.9 Å². The van der Waals surface area contributed by atoms with E-state index in [1.807, 2.05) is 18.2 Å². The number of benzene rings is 4. The van der Waals surface area contributed by atoms with Gasteiger partial charge in [-0.2, -0.15) is 0 Å². The highest BCUT2D eigenvalue weighted by Gasteiger charge is 2.25. The maximum atomic E-state index is 14.0. The first kappa shape index (κ1) is 35.6. The second kappa shape index (κ2) is 15.7. The van der Waals surface area contributed by atoms with Crippen LogP contribution in [-0.2, 0) is 4.74 Å². The number of hydrogen-bond donors (Lipinski definition) is 0. The molecule has 0 fully saturated rings. The van der Waals surface area contributed by atoms with Crippen LogP contribution in [0.4, 0.5) is 16.2 Å². The summed E-state index contributed by atoms with van der Waals surface area (Å²) in [6, 6.07) is 23.1. The molecule has 3 aromatic carbocycles. The maximum absolute atomic E-state index is 14.0. The number of rotatable bonds is 12. The number of anilines is 1. The normalized spacial score (nSPS) is 11.0. The molecule has 1 heterocycles. The van der Waals surface area contributed by atoms with Crippen LogP contribution in [0.1, 0.15) is 43.6 Å². The van der Waals surface area contributed by atoms with E-state index in [0.717, 1.165) is 76.2 Å². The molecule has 11 nitrogen and oxygen atoms in total. The summed E-state index contributed by atoms with van der Waals surface area (Å²) in [7, 11) is 1.65. The average Bonchev–Trinajstić information content (AvgIpc) is 3.12. The van der Waals surface area contributed by atoms with Crippen LogP contribution in [0.15, 0.2) is 83.3 Å². The summed E-state index contributed by atoms with van der Waals surface area (Å²) in [4.78, 5) is 40.4. The van der Waals surface area contributed by atoms with Gasteiger partial charge in [-0.05, 0) is 76.6 Å². The smallest absolute Gasteiger partial charge is 0.456 e. The second-order valence-corrected chi connectivity index (χ2v) is 11.9.